The Balaban J connectivity index is 2.28. The van der Waals surface area contributed by atoms with Gasteiger partial charge in [-0.25, -0.2) is 0 Å². The van der Waals surface area contributed by atoms with E-state index >= 15 is 0 Å². The van der Waals surface area contributed by atoms with Crippen molar-refractivity contribution in [1.82, 2.24) is 9.78 Å². The summed E-state index contributed by atoms with van der Waals surface area (Å²) in [5.74, 6) is 0.863. The largest absolute Gasteiger partial charge is 0.497 e. The van der Waals surface area contributed by atoms with Crippen molar-refractivity contribution in [3.05, 3.63) is 43.7 Å². The van der Waals surface area contributed by atoms with Crippen LogP contribution in [0.4, 0.5) is 0 Å². The van der Waals surface area contributed by atoms with Crippen LogP contribution in [0.5, 0.6) is 5.75 Å². The summed E-state index contributed by atoms with van der Waals surface area (Å²) in [6.45, 7) is 2.80. The summed E-state index contributed by atoms with van der Waals surface area (Å²) in [5, 5.41) is 4.44. The SMILES string of the molecule is COc1ccc(Br)c(Cn2cc(C)c(I)n2)c1. The van der Waals surface area contributed by atoms with Crippen molar-refractivity contribution in [2.75, 3.05) is 7.11 Å². The number of hydrogen-bond acceptors (Lipinski definition) is 2. The Morgan fingerprint density at radius 2 is 2.24 bits per heavy atom. The number of nitrogens with zero attached hydrogens (tertiary/aromatic N) is 2. The van der Waals surface area contributed by atoms with Gasteiger partial charge in [-0.1, -0.05) is 15.9 Å². The minimum absolute atomic E-state index is 0.738. The molecule has 0 spiro atoms. The molecule has 0 radical (unpaired) electrons. The lowest BCUT2D eigenvalue weighted by Gasteiger charge is -2.07. The lowest BCUT2D eigenvalue weighted by Crippen LogP contribution is -2.01. The Kier molecular flexibility index (Phi) is 4.09. The van der Waals surface area contributed by atoms with Crippen molar-refractivity contribution in [1.29, 1.82) is 0 Å². The lowest BCUT2D eigenvalue weighted by atomic mass is 10.2. The molecule has 2 aromatic rings. The lowest BCUT2D eigenvalue weighted by molar-refractivity contribution is 0.414. The van der Waals surface area contributed by atoms with E-state index in [1.165, 1.54) is 5.56 Å². The fraction of sp³-hybridized carbons (Fsp3) is 0.250. The first-order valence-electron chi connectivity index (χ1n) is 5.12. The van der Waals surface area contributed by atoms with Gasteiger partial charge in [0.15, 0.2) is 0 Å². The highest BCUT2D eigenvalue weighted by molar-refractivity contribution is 14.1. The van der Waals surface area contributed by atoms with Gasteiger partial charge in [-0.15, -0.1) is 0 Å². The maximum atomic E-state index is 5.22. The first kappa shape index (κ1) is 12.9. The summed E-state index contributed by atoms with van der Waals surface area (Å²) in [6.07, 6.45) is 2.05. The Hall–Kier alpha value is -0.560. The van der Waals surface area contributed by atoms with Crippen LogP contribution >= 0.6 is 38.5 Å². The van der Waals surface area contributed by atoms with Gasteiger partial charge in [-0.3, -0.25) is 4.68 Å². The van der Waals surface area contributed by atoms with E-state index in [2.05, 4.69) is 50.5 Å². The smallest absolute Gasteiger partial charge is 0.126 e. The van der Waals surface area contributed by atoms with E-state index in [0.29, 0.717) is 0 Å². The van der Waals surface area contributed by atoms with E-state index in [1.54, 1.807) is 7.11 Å². The molecule has 3 nitrogen and oxygen atoms in total. The second-order valence-electron chi connectivity index (χ2n) is 3.76. The van der Waals surface area contributed by atoms with E-state index in [-0.39, 0.29) is 0 Å². The van der Waals surface area contributed by atoms with Crippen LogP contribution in [0.15, 0.2) is 28.9 Å². The molecule has 17 heavy (non-hydrogen) atoms. The molecule has 0 saturated carbocycles. The molecule has 0 saturated heterocycles. The van der Waals surface area contributed by atoms with Crippen LogP contribution in [0.3, 0.4) is 0 Å². The quantitative estimate of drug-likeness (QED) is 0.728. The Bertz CT molecular complexity index is 520. The average Bonchev–Trinajstić information content (AvgIpc) is 2.61. The highest BCUT2D eigenvalue weighted by atomic mass is 127. The monoisotopic (exact) mass is 406 g/mol. The normalized spacial score (nSPS) is 10.6. The third kappa shape index (κ3) is 3.01. The summed E-state index contributed by atoms with van der Waals surface area (Å²) in [5.41, 5.74) is 2.35. The third-order valence-corrected chi connectivity index (χ3v) is 4.31. The summed E-state index contributed by atoms with van der Waals surface area (Å²) < 4.78 is 9.28. The highest BCUT2D eigenvalue weighted by Gasteiger charge is 2.06. The van der Waals surface area contributed by atoms with Crippen molar-refractivity contribution in [2.24, 2.45) is 0 Å². The number of aromatic nitrogens is 2. The van der Waals surface area contributed by atoms with Crippen LogP contribution in [0.2, 0.25) is 0 Å². The molecule has 90 valence electrons. The van der Waals surface area contributed by atoms with Crippen LogP contribution in [0.1, 0.15) is 11.1 Å². The van der Waals surface area contributed by atoms with Gasteiger partial charge in [0.1, 0.15) is 9.45 Å². The van der Waals surface area contributed by atoms with E-state index in [9.17, 15) is 0 Å². The van der Waals surface area contributed by atoms with Crippen LogP contribution in [-0.4, -0.2) is 16.9 Å². The molecule has 0 atom stereocenters. The van der Waals surface area contributed by atoms with Crippen molar-refractivity contribution in [3.63, 3.8) is 0 Å². The molecule has 0 amide bonds. The summed E-state index contributed by atoms with van der Waals surface area (Å²) in [4.78, 5) is 0. The van der Waals surface area contributed by atoms with Gasteiger partial charge in [-0.05, 0) is 53.3 Å². The maximum absolute atomic E-state index is 5.22. The zero-order chi connectivity index (χ0) is 12.4. The second kappa shape index (κ2) is 5.39. The molecule has 0 unspecified atom stereocenters. The first-order chi connectivity index (χ1) is 8.10. The van der Waals surface area contributed by atoms with Crippen LogP contribution < -0.4 is 4.74 Å². The predicted molar refractivity (Wildman–Crippen MR) is 79.5 cm³/mol. The number of hydrogen-bond donors (Lipinski definition) is 0. The minimum atomic E-state index is 0.738. The van der Waals surface area contributed by atoms with Gasteiger partial charge in [0, 0.05) is 16.2 Å². The Morgan fingerprint density at radius 3 is 2.82 bits per heavy atom. The number of benzene rings is 1. The van der Waals surface area contributed by atoms with E-state index in [0.717, 1.165) is 26.0 Å². The number of ether oxygens (including phenoxy) is 1. The van der Waals surface area contributed by atoms with Crippen LogP contribution in [-0.2, 0) is 6.54 Å². The molecule has 1 aromatic carbocycles. The van der Waals surface area contributed by atoms with Crippen molar-refractivity contribution in [2.45, 2.75) is 13.5 Å². The molecule has 5 heteroatoms. The number of halogens is 2. The van der Waals surface area contributed by atoms with E-state index < -0.39 is 0 Å². The first-order valence-corrected chi connectivity index (χ1v) is 6.99. The molecular formula is C12H12BrIN2O. The van der Waals surface area contributed by atoms with Gasteiger partial charge in [0.25, 0.3) is 0 Å². The molecule has 0 aliphatic rings. The summed E-state index contributed by atoms with van der Waals surface area (Å²) in [6, 6.07) is 5.95. The molecular weight excluding hydrogens is 395 g/mol. The molecule has 0 aliphatic carbocycles. The van der Waals surface area contributed by atoms with Gasteiger partial charge in [0.2, 0.25) is 0 Å². The summed E-state index contributed by atoms with van der Waals surface area (Å²) in [7, 11) is 1.67. The molecule has 0 aliphatic heterocycles. The molecule has 0 N–H and O–H groups in total. The fourth-order valence-electron chi connectivity index (χ4n) is 1.55. The molecule has 2 rings (SSSR count). The van der Waals surface area contributed by atoms with Crippen molar-refractivity contribution >= 4 is 38.5 Å². The average molecular weight is 407 g/mol. The fourth-order valence-corrected chi connectivity index (χ4v) is 2.34. The standard InChI is InChI=1S/C12H12BrIN2O/c1-8-6-16(15-12(8)14)7-9-5-10(17-2)3-4-11(9)13/h3-6H,7H2,1-2H3. The zero-order valence-corrected chi connectivity index (χ0v) is 13.3. The predicted octanol–water partition coefficient (Wildman–Crippen LogP) is 3.62. The van der Waals surface area contributed by atoms with Gasteiger partial charge >= 0.3 is 0 Å². The van der Waals surface area contributed by atoms with Crippen molar-refractivity contribution < 1.29 is 4.74 Å². The van der Waals surface area contributed by atoms with Crippen LogP contribution in [0.25, 0.3) is 0 Å². The molecule has 1 heterocycles. The number of aryl methyl sites for hydroxylation is 1. The maximum Gasteiger partial charge on any atom is 0.126 e. The van der Waals surface area contributed by atoms with E-state index in [1.807, 2.05) is 29.1 Å². The highest BCUT2D eigenvalue weighted by Crippen LogP contribution is 2.23. The van der Waals surface area contributed by atoms with Gasteiger partial charge in [0.05, 0.1) is 13.7 Å². The Morgan fingerprint density at radius 1 is 1.47 bits per heavy atom. The molecule has 0 bridgehead atoms. The number of rotatable bonds is 3. The van der Waals surface area contributed by atoms with Gasteiger partial charge < -0.3 is 4.74 Å². The Labute approximate surface area is 122 Å². The topological polar surface area (TPSA) is 27.1 Å². The van der Waals surface area contributed by atoms with Crippen LogP contribution in [0, 0.1) is 10.6 Å². The van der Waals surface area contributed by atoms with E-state index in [4.69, 9.17) is 4.74 Å². The zero-order valence-electron chi connectivity index (χ0n) is 9.58. The molecule has 0 fully saturated rings. The minimum Gasteiger partial charge on any atom is -0.497 e. The number of methoxy groups -OCH3 is 1. The second-order valence-corrected chi connectivity index (χ2v) is 5.63. The van der Waals surface area contributed by atoms with Gasteiger partial charge in [-0.2, -0.15) is 5.10 Å². The van der Waals surface area contributed by atoms with Crippen molar-refractivity contribution in [3.8, 4) is 5.75 Å². The summed E-state index contributed by atoms with van der Waals surface area (Å²) >= 11 is 5.79. The molecule has 1 aromatic heterocycles. The third-order valence-electron chi connectivity index (χ3n) is 2.47.